The lowest BCUT2D eigenvalue weighted by Gasteiger charge is -2.20. The Bertz CT molecular complexity index is 491. The van der Waals surface area contributed by atoms with Crippen molar-refractivity contribution in [2.24, 2.45) is 0 Å². The third-order valence-electron chi connectivity index (χ3n) is 2.88. The SMILES string of the molecule is O=C(Nc1ccc2c(c1)NCCC2)C(F)(F)C(F)F. The summed E-state index contributed by atoms with van der Waals surface area (Å²) in [5.41, 5.74) is 1.80. The summed E-state index contributed by atoms with van der Waals surface area (Å²) in [6.45, 7) is 0.748. The number of hydrogen-bond acceptors (Lipinski definition) is 2. The number of carbonyl (C=O) groups excluding carboxylic acids is 1. The molecule has 0 atom stereocenters. The van der Waals surface area contributed by atoms with Gasteiger partial charge in [0.2, 0.25) is 0 Å². The molecule has 0 unspecified atom stereocenters. The van der Waals surface area contributed by atoms with Crippen LogP contribution in [0.15, 0.2) is 18.2 Å². The number of amides is 1. The number of aryl methyl sites for hydroxylation is 1. The molecule has 0 spiro atoms. The molecule has 1 aliphatic heterocycles. The molecule has 0 aromatic heterocycles. The summed E-state index contributed by atoms with van der Waals surface area (Å²) in [7, 11) is 0. The van der Waals surface area contributed by atoms with E-state index in [9.17, 15) is 22.4 Å². The van der Waals surface area contributed by atoms with Gasteiger partial charge >= 0.3 is 18.3 Å². The topological polar surface area (TPSA) is 41.1 Å². The van der Waals surface area contributed by atoms with Crippen molar-refractivity contribution in [3.8, 4) is 0 Å². The predicted molar refractivity (Wildman–Crippen MR) is 62.8 cm³/mol. The Morgan fingerprint density at radius 1 is 1.37 bits per heavy atom. The van der Waals surface area contributed by atoms with Crippen LogP contribution in [0.2, 0.25) is 0 Å². The molecule has 1 aromatic carbocycles. The molecule has 0 saturated carbocycles. The van der Waals surface area contributed by atoms with Crippen LogP contribution >= 0.6 is 0 Å². The van der Waals surface area contributed by atoms with Crippen molar-refractivity contribution < 1.29 is 22.4 Å². The summed E-state index contributed by atoms with van der Waals surface area (Å²) in [4.78, 5) is 11.1. The fourth-order valence-corrected chi connectivity index (χ4v) is 1.85. The Morgan fingerprint density at radius 3 is 2.79 bits per heavy atom. The van der Waals surface area contributed by atoms with Gasteiger partial charge in [0.25, 0.3) is 0 Å². The molecule has 104 valence electrons. The molecule has 0 saturated heterocycles. The first-order valence-corrected chi connectivity index (χ1v) is 5.75. The molecule has 0 bridgehead atoms. The monoisotopic (exact) mass is 276 g/mol. The summed E-state index contributed by atoms with van der Waals surface area (Å²) in [5.74, 6) is -6.69. The maximum atomic E-state index is 12.8. The number of hydrogen-bond donors (Lipinski definition) is 2. The molecule has 2 N–H and O–H groups in total. The number of carbonyl (C=O) groups is 1. The lowest BCUT2D eigenvalue weighted by molar-refractivity contribution is -0.163. The van der Waals surface area contributed by atoms with Gasteiger partial charge in [0.05, 0.1) is 0 Å². The minimum absolute atomic E-state index is 0.0680. The quantitative estimate of drug-likeness (QED) is 0.833. The summed E-state index contributed by atoms with van der Waals surface area (Å²) in [6.07, 6.45) is -2.21. The largest absolute Gasteiger partial charge is 0.385 e. The molecule has 19 heavy (non-hydrogen) atoms. The minimum atomic E-state index is -4.69. The Morgan fingerprint density at radius 2 is 2.11 bits per heavy atom. The van der Waals surface area contributed by atoms with Crippen LogP contribution in [0.3, 0.4) is 0 Å². The Balaban J connectivity index is 2.14. The average Bonchev–Trinajstić information content (AvgIpc) is 2.38. The van der Waals surface area contributed by atoms with Gasteiger partial charge < -0.3 is 10.6 Å². The zero-order valence-electron chi connectivity index (χ0n) is 9.85. The van der Waals surface area contributed by atoms with Gasteiger partial charge in [-0.1, -0.05) is 6.07 Å². The molecule has 3 nitrogen and oxygen atoms in total. The molecule has 0 radical (unpaired) electrons. The molecule has 1 aliphatic rings. The normalized spacial score (nSPS) is 14.8. The van der Waals surface area contributed by atoms with Crippen molar-refractivity contribution in [1.29, 1.82) is 0 Å². The number of benzene rings is 1. The highest BCUT2D eigenvalue weighted by molar-refractivity contribution is 5.96. The zero-order valence-corrected chi connectivity index (χ0v) is 9.85. The second-order valence-corrected chi connectivity index (χ2v) is 4.28. The number of rotatable bonds is 3. The van der Waals surface area contributed by atoms with E-state index in [2.05, 4.69) is 5.32 Å². The molecule has 1 heterocycles. The number of alkyl halides is 4. The van der Waals surface area contributed by atoms with Crippen LogP contribution in [0, 0.1) is 0 Å². The molecule has 0 aliphatic carbocycles. The lowest BCUT2D eigenvalue weighted by Crippen LogP contribution is -2.41. The van der Waals surface area contributed by atoms with E-state index in [0.29, 0.717) is 0 Å². The van der Waals surface area contributed by atoms with E-state index < -0.39 is 18.3 Å². The third-order valence-corrected chi connectivity index (χ3v) is 2.88. The van der Waals surface area contributed by atoms with Gasteiger partial charge in [-0.15, -0.1) is 0 Å². The van der Waals surface area contributed by atoms with Crippen LogP contribution in [-0.4, -0.2) is 24.8 Å². The highest BCUT2D eigenvalue weighted by Gasteiger charge is 2.48. The number of anilines is 2. The second kappa shape index (κ2) is 5.07. The van der Waals surface area contributed by atoms with Crippen molar-refractivity contribution in [3.63, 3.8) is 0 Å². The third kappa shape index (κ3) is 2.80. The lowest BCUT2D eigenvalue weighted by atomic mass is 10.0. The van der Waals surface area contributed by atoms with Gasteiger partial charge in [0, 0.05) is 17.9 Å². The zero-order chi connectivity index (χ0) is 14.0. The van der Waals surface area contributed by atoms with Crippen molar-refractivity contribution in [1.82, 2.24) is 0 Å². The fourth-order valence-electron chi connectivity index (χ4n) is 1.85. The van der Waals surface area contributed by atoms with Gasteiger partial charge in [-0.2, -0.15) is 8.78 Å². The van der Waals surface area contributed by atoms with Crippen LogP contribution in [0.1, 0.15) is 12.0 Å². The van der Waals surface area contributed by atoms with Crippen molar-refractivity contribution in [2.45, 2.75) is 25.2 Å². The molecule has 1 amide bonds. The number of halogens is 4. The summed E-state index contributed by atoms with van der Waals surface area (Å²) < 4.78 is 49.6. The fraction of sp³-hybridized carbons (Fsp3) is 0.417. The van der Waals surface area contributed by atoms with Crippen LogP contribution in [0.4, 0.5) is 28.9 Å². The summed E-state index contributed by atoms with van der Waals surface area (Å²) in [6, 6.07) is 4.57. The van der Waals surface area contributed by atoms with E-state index in [1.165, 1.54) is 12.1 Å². The van der Waals surface area contributed by atoms with E-state index in [-0.39, 0.29) is 5.69 Å². The second-order valence-electron chi connectivity index (χ2n) is 4.28. The molecule has 1 aromatic rings. The number of nitrogens with one attached hydrogen (secondary N) is 2. The van der Waals surface area contributed by atoms with Crippen LogP contribution in [-0.2, 0) is 11.2 Å². The van der Waals surface area contributed by atoms with Gasteiger partial charge in [-0.3, -0.25) is 4.79 Å². The Labute approximate surface area is 107 Å². The van der Waals surface area contributed by atoms with Crippen molar-refractivity contribution in [3.05, 3.63) is 23.8 Å². The Kier molecular flexibility index (Phi) is 3.64. The van der Waals surface area contributed by atoms with Crippen LogP contribution in [0.25, 0.3) is 0 Å². The van der Waals surface area contributed by atoms with Gasteiger partial charge in [-0.05, 0) is 30.5 Å². The highest BCUT2D eigenvalue weighted by atomic mass is 19.3. The average molecular weight is 276 g/mol. The first kappa shape index (κ1) is 13.6. The maximum absolute atomic E-state index is 12.8. The summed E-state index contributed by atoms with van der Waals surface area (Å²) >= 11 is 0. The molecule has 0 fully saturated rings. The van der Waals surface area contributed by atoms with E-state index in [1.807, 2.05) is 0 Å². The highest BCUT2D eigenvalue weighted by Crippen LogP contribution is 2.28. The summed E-state index contributed by atoms with van der Waals surface area (Å²) in [5, 5.41) is 4.86. The van der Waals surface area contributed by atoms with Gasteiger partial charge in [0.15, 0.2) is 0 Å². The molecule has 7 heteroatoms. The molecular formula is C12H12F4N2O. The molecule has 2 rings (SSSR count). The molecular weight excluding hydrogens is 264 g/mol. The van der Waals surface area contributed by atoms with E-state index in [4.69, 9.17) is 0 Å². The van der Waals surface area contributed by atoms with Crippen LogP contribution in [0.5, 0.6) is 0 Å². The maximum Gasteiger partial charge on any atom is 0.383 e. The number of fused-ring (bicyclic) bond motifs is 1. The van der Waals surface area contributed by atoms with E-state index in [0.717, 1.165) is 30.6 Å². The minimum Gasteiger partial charge on any atom is -0.385 e. The van der Waals surface area contributed by atoms with Crippen LogP contribution < -0.4 is 10.6 Å². The Hall–Kier alpha value is -1.79. The first-order chi connectivity index (χ1) is 8.91. The van der Waals surface area contributed by atoms with E-state index in [1.54, 1.807) is 11.4 Å². The van der Waals surface area contributed by atoms with E-state index >= 15 is 0 Å². The van der Waals surface area contributed by atoms with Gasteiger partial charge in [-0.25, -0.2) is 8.78 Å². The van der Waals surface area contributed by atoms with Gasteiger partial charge in [0.1, 0.15) is 0 Å². The smallest absolute Gasteiger partial charge is 0.383 e. The standard InChI is InChI=1S/C12H12F4N2O/c13-10(14)12(15,16)11(19)18-8-4-3-7-2-1-5-17-9(7)6-8/h3-4,6,10,17H,1-2,5H2,(H,18,19). The van der Waals surface area contributed by atoms with Crippen molar-refractivity contribution >= 4 is 17.3 Å². The predicted octanol–water partition coefficient (Wildman–Crippen LogP) is 2.88. The first-order valence-electron chi connectivity index (χ1n) is 5.75. The van der Waals surface area contributed by atoms with Crippen molar-refractivity contribution in [2.75, 3.05) is 17.2 Å².